The van der Waals surface area contributed by atoms with Crippen molar-refractivity contribution in [1.29, 1.82) is 0 Å². The molecule has 0 fully saturated rings. The summed E-state index contributed by atoms with van der Waals surface area (Å²) in [4.78, 5) is 10.9. The molecule has 2 aromatic heterocycles. The molecule has 0 saturated heterocycles. The van der Waals surface area contributed by atoms with Crippen molar-refractivity contribution in [3.8, 4) is 11.3 Å². The molecule has 0 amide bonds. The summed E-state index contributed by atoms with van der Waals surface area (Å²) >= 11 is 5.89. The Morgan fingerprint density at radius 1 is 1.07 bits per heavy atom. The molecule has 0 aliphatic rings. The number of nitrogens with one attached hydrogen (secondary N) is 1. The van der Waals surface area contributed by atoms with Crippen LogP contribution in [-0.4, -0.2) is 14.7 Å². The molecule has 152 valence electrons. The SMILES string of the molecule is O=[N+]([O-])c1cc(Cl)ccc1-c1ccc(CNCc2ccccc2Cn2cccn2)o1. The van der Waals surface area contributed by atoms with Gasteiger partial charge in [-0.1, -0.05) is 35.9 Å². The van der Waals surface area contributed by atoms with Gasteiger partial charge in [-0.2, -0.15) is 5.10 Å². The van der Waals surface area contributed by atoms with E-state index in [4.69, 9.17) is 16.0 Å². The zero-order valence-electron chi connectivity index (χ0n) is 16.0. The lowest BCUT2D eigenvalue weighted by atomic mass is 10.1. The third-order valence-electron chi connectivity index (χ3n) is 4.71. The maximum atomic E-state index is 11.3. The van der Waals surface area contributed by atoms with Gasteiger partial charge in [-0.25, -0.2) is 0 Å². The van der Waals surface area contributed by atoms with E-state index in [1.807, 2.05) is 35.1 Å². The van der Waals surface area contributed by atoms with Crippen LogP contribution in [0.25, 0.3) is 11.3 Å². The van der Waals surface area contributed by atoms with Gasteiger partial charge in [0.15, 0.2) is 0 Å². The Morgan fingerprint density at radius 3 is 2.67 bits per heavy atom. The molecule has 7 nitrogen and oxygen atoms in total. The van der Waals surface area contributed by atoms with E-state index in [2.05, 4.69) is 22.5 Å². The minimum absolute atomic E-state index is 0.0797. The fraction of sp³-hybridized carbons (Fsp3) is 0.136. The highest BCUT2D eigenvalue weighted by Crippen LogP contribution is 2.33. The van der Waals surface area contributed by atoms with Gasteiger partial charge in [0.2, 0.25) is 0 Å². The maximum Gasteiger partial charge on any atom is 0.281 e. The molecule has 0 unspecified atom stereocenters. The van der Waals surface area contributed by atoms with E-state index < -0.39 is 4.92 Å². The van der Waals surface area contributed by atoms with Crippen LogP contribution in [0.15, 0.2) is 77.5 Å². The van der Waals surface area contributed by atoms with Gasteiger partial charge >= 0.3 is 0 Å². The van der Waals surface area contributed by atoms with Crippen molar-refractivity contribution in [3.05, 3.63) is 105 Å². The molecule has 1 N–H and O–H groups in total. The highest BCUT2D eigenvalue weighted by atomic mass is 35.5. The summed E-state index contributed by atoms with van der Waals surface area (Å²) in [6.07, 6.45) is 3.70. The molecular weight excluding hydrogens is 404 g/mol. The zero-order chi connectivity index (χ0) is 20.9. The number of halogens is 1. The Morgan fingerprint density at radius 2 is 1.90 bits per heavy atom. The van der Waals surface area contributed by atoms with Crippen LogP contribution in [0.4, 0.5) is 5.69 Å². The van der Waals surface area contributed by atoms with Crippen LogP contribution < -0.4 is 5.32 Å². The summed E-state index contributed by atoms with van der Waals surface area (Å²) in [6, 6.07) is 18.2. The first-order chi connectivity index (χ1) is 14.6. The molecule has 30 heavy (non-hydrogen) atoms. The first kappa shape index (κ1) is 19.9. The molecule has 0 bridgehead atoms. The lowest BCUT2D eigenvalue weighted by molar-refractivity contribution is -0.384. The molecule has 4 rings (SSSR count). The van der Waals surface area contributed by atoms with E-state index >= 15 is 0 Å². The largest absolute Gasteiger partial charge is 0.459 e. The van der Waals surface area contributed by atoms with Gasteiger partial charge in [0.1, 0.15) is 11.5 Å². The highest BCUT2D eigenvalue weighted by molar-refractivity contribution is 6.30. The average molecular weight is 423 g/mol. The van der Waals surface area contributed by atoms with Crippen LogP contribution in [0.5, 0.6) is 0 Å². The van der Waals surface area contributed by atoms with Crippen molar-refractivity contribution in [3.63, 3.8) is 0 Å². The van der Waals surface area contributed by atoms with Gasteiger partial charge in [0, 0.05) is 30.0 Å². The van der Waals surface area contributed by atoms with Crippen molar-refractivity contribution in [2.45, 2.75) is 19.6 Å². The molecule has 2 aromatic carbocycles. The lowest BCUT2D eigenvalue weighted by Gasteiger charge is -2.10. The van der Waals surface area contributed by atoms with Crippen molar-refractivity contribution in [2.24, 2.45) is 0 Å². The van der Waals surface area contributed by atoms with E-state index in [1.165, 1.54) is 17.2 Å². The Labute approximate surface area is 178 Å². The number of nitro groups is 1. The molecule has 8 heteroatoms. The number of hydrogen-bond donors (Lipinski definition) is 1. The summed E-state index contributed by atoms with van der Waals surface area (Å²) in [5, 5.41) is 19.3. The van der Waals surface area contributed by atoms with E-state index in [0.29, 0.717) is 41.7 Å². The van der Waals surface area contributed by atoms with E-state index in [-0.39, 0.29) is 5.69 Å². The molecule has 0 atom stereocenters. The number of hydrogen-bond acceptors (Lipinski definition) is 5. The predicted octanol–water partition coefficient (Wildman–Crippen LogP) is 5.04. The lowest BCUT2D eigenvalue weighted by Crippen LogP contribution is -2.14. The van der Waals surface area contributed by atoms with Crippen molar-refractivity contribution < 1.29 is 9.34 Å². The molecule has 0 aliphatic carbocycles. The first-order valence-corrected chi connectivity index (χ1v) is 9.76. The topological polar surface area (TPSA) is 86.1 Å². The number of benzene rings is 2. The predicted molar refractivity (Wildman–Crippen MR) is 114 cm³/mol. The Kier molecular flexibility index (Phi) is 5.92. The van der Waals surface area contributed by atoms with E-state index in [9.17, 15) is 10.1 Å². The first-order valence-electron chi connectivity index (χ1n) is 9.38. The minimum Gasteiger partial charge on any atom is -0.459 e. The van der Waals surface area contributed by atoms with Crippen molar-refractivity contribution in [1.82, 2.24) is 15.1 Å². The number of furan rings is 1. The Bertz CT molecular complexity index is 1150. The van der Waals surface area contributed by atoms with Crippen molar-refractivity contribution in [2.75, 3.05) is 0 Å². The van der Waals surface area contributed by atoms with Crippen LogP contribution in [-0.2, 0) is 19.6 Å². The molecule has 4 aromatic rings. The third kappa shape index (κ3) is 4.59. The van der Waals surface area contributed by atoms with Crippen LogP contribution in [0, 0.1) is 10.1 Å². The minimum atomic E-state index is -0.460. The van der Waals surface area contributed by atoms with E-state index in [1.54, 1.807) is 24.4 Å². The second-order valence-corrected chi connectivity index (χ2v) is 7.20. The fourth-order valence-corrected chi connectivity index (χ4v) is 3.42. The number of nitrogens with zero attached hydrogens (tertiary/aromatic N) is 3. The molecular formula is C22H19ClN4O3. The summed E-state index contributed by atoms with van der Waals surface area (Å²) in [5.74, 6) is 1.13. The third-order valence-corrected chi connectivity index (χ3v) is 4.94. The molecule has 0 radical (unpaired) electrons. The summed E-state index contributed by atoms with van der Waals surface area (Å²) in [7, 11) is 0. The van der Waals surface area contributed by atoms with Gasteiger partial charge in [0.05, 0.1) is 23.6 Å². The van der Waals surface area contributed by atoms with Crippen LogP contribution in [0.3, 0.4) is 0 Å². The van der Waals surface area contributed by atoms with Crippen molar-refractivity contribution >= 4 is 17.3 Å². The van der Waals surface area contributed by atoms with Gasteiger partial charge in [-0.15, -0.1) is 0 Å². The van der Waals surface area contributed by atoms with E-state index in [0.717, 1.165) is 0 Å². The second kappa shape index (κ2) is 8.94. The molecule has 0 spiro atoms. The van der Waals surface area contributed by atoms with Crippen LogP contribution >= 0.6 is 11.6 Å². The molecule has 0 aliphatic heterocycles. The quantitative estimate of drug-likeness (QED) is 0.317. The van der Waals surface area contributed by atoms with Crippen LogP contribution in [0.1, 0.15) is 16.9 Å². The normalized spacial score (nSPS) is 11.0. The number of aromatic nitrogens is 2. The highest BCUT2D eigenvalue weighted by Gasteiger charge is 2.18. The fourth-order valence-electron chi connectivity index (χ4n) is 3.25. The van der Waals surface area contributed by atoms with Gasteiger partial charge in [-0.3, -0.25) is 14.8 Å². The molecule has 2 heterocycles. The smallest absolute Gasteiger partial charge is 0.281 e. The Balaban J connectivity index is 1.42. The average Bonchev–Trinajstić information content (AvgIpc) is 3.41. The zero-order valence-corrected chi connectivity index (χ0v) is 16.7. The molecule has 0 saturated carbocycles. The van der Waals surface area contributed by atoms with Gasteiger partial charge < -0.3 is 9.73 Å². The summed E-state index contributed by atoms with van der Waals surface area (Å²) in [5.41, 5.74) is 2.68. The maximum absolute atomic E-state index is 11.3. The number of nitro benzene ring substituents is 1. The van der Waals surface area contributed by atoms with Gasteiger partial charge in [-0.05, 0) is 41.5 Å². The Hall–Kier alpha value is -3.42. The summed E-state index contributed by atoms with van der Waals surface area (Å²) in [6.45, 7) is 1.86. The monoisotopic (exact) mass is 422 g/mol. The number of rotatable bonds is 8. The second-order valence-electron chi connectivity index (χ2n) is 6.76. The summed E-state index contributed by atoms with van der Waals surface area (Å²) < 4.78 is 7.72. The van der Waals surface area contributed by atoms with Crippen LogP contribution in [0.2, 0.25) is 5.02 Å². The van der Waals surface area contributed by atoms with Gasteiger partial charge in [0.25, 0.3) is 5.69 Å². The standard InChI is InChI=1S/C22H19ClN4O3/c23-18-6-8-20(21(12-18)27(28)29)22-9-7-19(30-22)14-24-13-16-4-1-2-5-17(16)15-26-11-3-10-25-26/h1-12,24H,13-15H2.